The largest absolute Gasteiger partial charge is 0.357 e. The van der Waals surface area contributed by atoms with Crippen molar-refractivity contribution in [3.63, 3.8) is 0 Å². The van der Waals surface area contributed by atoms with Gasteiger partial charge in [-0.25, -0.2) is 0 Å². The van der Waals surface area contributed by atoms with Crippen molar-refractivity contribution in [3.05, 3.63) is 95.6 Å². The molecule has 2 aliphatic heterocycles. The van der Waals surface area contributed by atoms with E-state index < -0.39 is 17.3 Å². The molecular formula is C36H42N4O5S. The number of carbonyl (C=O) groups excluding carboxylic acids is 5. The molecule has 0 saturated carbocycles. The number of rotatable bonds is 12. The maximum atomic E-state index is 14.2. The maximum absolute atomic E-state index is 14.2. The van der Waals surface area contributed by atoms with Gasteiger partial charge in [-0.3, -0.25) is 28.9 Å². The molecule has 5 atom stereocenters. The van der Waals surface area contributed by atoms with E-state index in [0.29, 0.717) is 56.2 Å². The second-order valence-electron chi connectivity index (χ2n) is 12.2. The number of fused-ring (bicyclic) bond motifs is 1. The lowest BCUT2D eigenvalue weighted by atomic mass is 9.81. The quantitative estimate of drug-likeness (QED) is 0.184. The van der Waals surface area contributed by atoms with E-state index in [9.17, 15) is 24.0 Å². The minimum atomic E-state index is -0.796. The van der Waals surface area contributed by atoms with Crippen molar-refractivity contribution in [2.45, 2.75) is 62.3 Å². The number of carbonyl (C=O) groups is 5. The molecule has 3 aliphatic rings. The number of thiol groups is 1. The van der Waals surface area contributed by atoms with Crippen LogP contribution in [0, 0.1) is 11.8 Å². The molecule has 2 aromatic rings. The summed E-state index contributed by atoms with van der Waals surface area (Å²) in [4.78, 5) is 69.0. The van der Waals surface area contributed by atoms with E-state index in [0.717, 1.165) is 12.0 Å². The normalized spacial score (nSPS) is 22.3. The zero-order valence-electron chi connectivity index (χ0n) is 26.1. The zero-order valence-corrected chi connectivity index (χ0v) is 27.0. The fourth-order valence-corrected chi connectivity index (χ4v) is 6.96. The molecule has 2 aromatic carbocycles. The van der Waals surface area contributed by atoms with Crippen LogP contribution in [0.3, 0.4) is 0 Å². The van der Waals surface area contributed by atoms with E-state index in [1.807, 2.05) is 42.5 Å². The number of hydrogen-bond donors (Lipinski definition) is 3. The summed E-state index contributed by atoms with van der Waals surface area (Å²) in [6.07, 6.45) is 12.3. The molecule has 0 spiro atoms. The Morgan fingerprint density at radius 1 is 0.935 bits per heavy atom. The summed E-state index contributed by atoms with van der Waals surface area (Å²) < 4.78 is 0. The predicted octanol–water partition coefficient (Wildman–Crippen LogP) is 3.96. The first kappa shape index (κ1) is 33.2. The average Bonchev–Trinajstić information content (AvgIpc) is 3.21. The highest BCUT2D eigenvalue weighted by Crippen LogP contribution is 2.32. The number of likely N-dealkylation sites (tertiary alicyclic amines) is 1. The number of unbranched alkanes of at least 4 members (excludes halogenated alkanes) is 1. The van der Waals surface area contributed by atoms with Crippen LogP contribution >= 0.6 is 12.6 Å². The Kier molecular flexibility index (Phi) is 11.1. The zero-order chi connectivity index (χ0) is 32.6. The maximum Gasteiger partial charge on any atom is 0.261 e. The SMILES string of the molecule is CNC(=O)C(Cc1ccccc1)N1CCC(C2C=CC=CC2)CC(NC(=O)C(S)CCCCN2C(=O)c3ccccc3C2=O)C1=O. The fourth-order valence-electron chi connectivity index (χ4n) is 6.70. The Hall–Kier alpha value is -4.18. The summed E-state index contributed by atoms with van der Waals surface area (Å²) in [6.45, 7) is 0.675. The third-order valence-electron chi connectivity index (χ3n) is 9.28. The van der Waals surface area contributed by atoms with Gasteiger partial charge in [0.05, 0.1) is 16.4 Å². The molecule has 5 unspecified atom stereocenters. The predicted molar refractivity (Wildman–Crippen MR) is 179 cm³/mol. The van der Waals surface area contributed by atoms with E-state index in [4.69, 9.17) is 0 Å². The van der Waals surface area contributed by atoms with E-state index in [2.05, 4.69) is 35.4 Å². The molecule has 10 heteroatoms. The van der Waals surface area contributed by atoms with Crippen molar-refractivity contribution in [1.29, 1.82) is 0 Å². The number of nitrogens with one attached hydrogen (secondary N) is 2. The molecule has 242 valence electrons. The van der Waals surface area contributed by atoms with Crippen LogP contribution in [0.25, 0.3) is 0 Å². The lowest BCUT2D eigenvalue weighted by Gasteiger charge is -2.32. The Morgan fingerprint density at radius 3 is 2.28 bits per heavy atom. The summed E-state index contributed by atoms with van der Waals surface area (Å²) in [5, 5.41) is 5.05. The number of hydrogen-bond acceptors (Lipinski definition) is 6. The molecule has 5 rings (SSSR count). The van der Waals surface area contributed by atoms with Crippen molar-refractivity contribution < 1.29 is 24.0 Å². The van der Waals surface area contributed by atoms with Crippen LogP contribution in [0.5, 0.6) is 0 Å². The Labute approximate surface area is 275 Å². The fraction of sp³-hybridized carbons (Fsp3) is 0.417. The van der Waals surface area contributed by atoms with Crippen LogP contribution in [0.4, 0.5) is 0 Å². The first-order valence-electron chi connectivity index (χ1n) is 16.1. The van der Waals surface area contributed by atoms with E-state index in [1.54, 1.807) is 36.2 Å². The van der Waals surface area contributed by atoms with Gasteiger partial charge >= 0.3 is 0 Å². The van der Waals surface area contributed by atoms with Gasteiger partial charge in [-0.1, -0.05) is 73.2 Å². The van der Waals surface area contributed by atoms with Crippen molar-refractivity contribution in [2.75, 3.05) is 20.1 Å². The average molecular weight is 643 g/mol. The van der Waals surface area contributed by atoms with Crippen LogP contribution in [0.1, 0.15) is 64.8 Å². The highest BCUT2D eigenvalue weighted by molar-refractivity contribution is 7.81. The van der Waals surface area contributed by atoms with E-state index in [-0.39, 0.29) is 47.9 Å². The van der Waals surface area contributed by atoms with Gasteiger partial charge in [0.2, 0.25) is 17.7 Å². The first-order valence-corrected chi connectivity index (χ1v) is 16.6. The van der Waals surface area contributed by atoms with Gasteiger partial charge in [0.25, 0.3) is 11.8 Å². The lowest BCUT2D eigenvalue weighted by Crippen LogP contribution is -2.56. The minimum Gasteiger partial charge on any atom is -0.357 e. The number of amides is 5. The molecule has 1 aliphatic carbocycles. The number of benzene rings is 2. The molecule has 0 bridgehead atoms. The van der Waals surface area contributed by atoms with Gasteiger partial charge in [-0.15, -0.1) is 0 Å². The third-order valence-corrected chi connectivity index (χ3v) is 9.78. The van der Waals surface area contributed by atoms with Crippen LogP contribution in [-0.2, 0) is 20.8 Å². The molecule has 5 amide bonds. The second-order valence-corrected chi connectivity index (χ2v) is 12.9. The standard InChI is InChI=1S/C36H42N4O5S/c1-37-32(41)30(22-24-12-4-2-5-13-24)39-21-19-26(25-14-6-3-7-15-25)23-29(36(39)45)38-33(42)31(46)18-10-11-20-40-34(43)27-16-8-9-17-28(27)35(40)44/h2-9,12-14,16-17,25-26,29-31,46H,10-11,15,18-23H2,1H3,(H,37,41)(H,38,42). The smallest absolute Gasteiger partial charge is 0.261 e. The van der Waals surface area contributed by atoms with Gasteiger partial charge in [0, 0.05) is 26.6 Å². The van der Waals surface area contributed by atoms with Gasteiger partial charge in [0.15, 0.2) is 0 Å². The molecule has 9 nitrogen and oxygen atoms in total. The molecule has 1 fully saturated rings. The van der Waals surface area contributed by atoms with Crippen LogP contribution in [-0.4, -0.2) is 76.8 Å². The Balaban J connectivity index is 1.23. The number of likely N-dealkylation sites (N-methyl/N-ethyl adjacent to an activating group) is 1. The second kappa shape index (κ2) is 15.4. The van der Waals surface area contributed by atoms with Crippen molar-refractivity contribution in [2.24, 2.45) is 11.8 Å². The first-order chi connectivity index (χ1) is 22.3. The van der Waals surface area contributed by atoms with Crippen LogP contribution < -0.4 is 10.6 Å². The highest BCUT2D eigenvalue weighted by atomic mass is 32.1. The molecular weight excluding hydrogens is 600 g/mol. The molecule has 1 saturated heterocycles. The van der Waals surface area contributed by atoms with Gasteiger partial charge in [-0.05, 0) is 61.6 Å². The van der Waals surface area contributed by atoms with Gasteiger partial charge in [0.1, 0.15) is 12.1 Å². The Morgan fingerprint density at radius 2 is 1.63 bits per heavy atom. The molecule has 2 N–H and O–H groups in total. The molecule has 0 radical (unpaired) electrons. The number of allylic oxidation sites excluding steroid dienone is 4. The summed E-state index contributed by atoms with van der Waals surface area (Å²) in [5.74, 6) is -1.07. The monoisotopic (exact) mass is 642 g/mol. The van der Waals surface area contributed by atoms with Gasteiger partial charge in [-0.2, -0.15) is 12.6 Å². The Bertz CT molecular complexity index is 1470. The summed E-state index contributed by atoms with van der Waals surface area (Å²) >= 11 is 4.57. The van der Waals surface area contributed by atoms with Crippen molar-refractivity contribution in [3.8, 4) is 0 Å². The van der Waals surface area contributed by atoms with E-state index >= 15 is 0 Å². The molecule has 2 heterocycles. The summed E-state index contributed by atoms with van der Waals surface area (Å²) in [7, 11) is 1.57. The van der Waals surface area contributed by atoms with Crippen molar-refractivity contribution in [1.82, 2.24) is 20.4 Å². The van der Waals surface area contributed by atoms with Gasteiger partial charge < -0.3 is 15.5 Å². The highest BCUT2D eigenvalue weighted by Gasteiger charge is 2.40. The minimum absolute atomic E-state index is 0.139. The number of nitrogens with zero attached hydrogens (tertiary/aromatic N) is 2. The molecule has 0 aromatic heterocycles. The number of imide groups is 1. The van der Waals surface area contributed by atoms with Crippen molar-refractivity contribution >= 4 is 42.2 Å². The van der Waals surface area contributed by atoms with Crippen LogP contribution in [0.2, 0.25) is 0 Å². The molecule has 46 heavy (non-hydrogen) atoms. The van der Waals surface area contributed by atoms with Crippen LogP contribution in [0.15, 0.2) is 78.9 Å². The summed E-state index contributed by atoms with van der Waals surface area (Å²) in [5.41, 5.74) is 1.78. The third kappa shape index (κ3) is 7.61. The summed E-state index contributed by atoms with van der Waals surface area (Å²) in [6, 6.07) is 14.9. The van der Waals surface area contributed by atoms with E-state index in [1.165, 1.54) is 4.90 Å². The topological polar surface area (TPSA) is 116 Å². The lowest BCUT2D eigenvalue weighted by molar-refractivity contribution is -0.142.